The molecule has 0 aliphatic carbocycles. The molecule has 1 aromatic carbocycles. The predicted octanol–water partition coefficient (Wildman–Crippen LogP) is 5.25. The third kappa shape index (κ3) is 6.61. The lowest BCUT2D eigenvalue weighted by molar-refractivity contribution is 0.0421. The van der Waals surface area contributed by atoms with Gasteiger partial charge in [-0.15, -0.1) is 0 Å². The van der Waals surface area contributed by atoms with E-state index in [1.165, 1.54) is 0 Å². The standard InChI is InChI=1S/C19H28O2/c1-4-7-11-16(5-2)14-17(6-3)15-21-19(20)18-12-9-8-10-13-18/h7-13,16-17H,4-6,14-15H2,1-3H3. The molecule has 0 saturated heterocycles. The summed E-state index contributed by atoms with van der Waals surface area (Å²) in [7, 11) is 0. The van der Waals surface area contributed by atoms with Gasteiger partial charge in [0.05, 0.1) is 12.2 Å². The lowest BCUT2D eigenvalue weighted by Gasteiger charge is -2.19. The van der Waals surface area contributed by atoms with Crippen LogP contribution in [0.15, 0.2) is 42.5 Å². The SMILES string of the molecule is CCC=CC(CC)CC(CC)COC(=O)c1ccccc1. The van der Waals surface area contributed by atoms with Gasteiger partial charge in [0.2, 0.25) is 0 Å². The van der Waals surface area contributed by atoms with Crippen LogP contribution in [0, 0.1) is 11.8 Å². The van der Waals surface area contributed by atoms with Gasteiger partial charge in [0.25, 0.3) is 0 Å². The van der Waals surface area contributed by atoms with Crippen LogP contribution in [0.25, 0.3) is 0 Å². The Morgan fingerprint density at radius 3 is 2.43 bits per heavy atom. The Morgan fingerprint density at radius 2 is 1.86 bits per heavy atom. The molecule has 0 aliphatic heterocycles. The maximum absolute atomic E-state index is 12.0. The van der Waals surface area contributed by atoms with Gasteiger partial charge < -0.3 is 4.74 Å². The van der Waals surface area contributed by atoms with Gasteiger partial charge in [0.1, 0.15) is 0 Å². The first kappa shape index (κ1) is 17.5. The van der Waals surface area contributed by atoms with Gasteiger partial charge in [-0.1, -0.05) is 57.5 Å². The number of hydrogen-bond donors (Lipinski definition) is 0. The van der Waals surface area contributed by atoms with Crippen LogP contribution >= 0.6 is 0 Å². The average Bonchev–Trinajstić information content (AvgIpc) is 2.54. The van der Waals surface area contributed by atoms with Crippen molar-refractivity contribution in [3.63, 3.8) is 0 Å². The summed E-state index contributed by atoms with van der Waals surface area (Å²) in [6.07, 6.45) is 8.89. The monoisotopic (exact) mass is 288 g/mol. The van der Waals surface area contributed by atoms with E-state index in [1.807, 2.05) is 18.2 Å². The van der Waals surface area contributed by atoms with Crippen molar-refractivity contribution in [3.8, 4) is 0 Å². The Morgan fingerprint density at radius 1 is 1.14 bits per heavy atom. The Kier molecular flexibility index (Phi) is 8.49. The summed E-state index contributed by atoms with van der Waals surface area (Å²) in [5.74, 6) is 0.806. The molecule has 1 aromatic rings. The van der Waals surface area contributed by atoms with E-state index in [1.54, 1.807) is 12.1 Å². The molecule has 0 bridgehead atoms. The first-order chi connectivity index (χ1) is 10.2. The van der Waals surface area contributed by atoms with Crippen molar-refractivity contribution in [2.75, 3.05) is 6.61 Å². The van der Waals surface area contributed by atoms with E-state index in [0.717, 1.165) is 25.7 Å². The van der Waals surface area contributed by atoms with Crippen LogP contribution in [0.4, 0.5) is 0 Å². The molecular weight excluding hydrogens is 260 g/mol. The van der Waals surface area contributed by atoms with Crippen LogP contribution in [0.3, 0.4) is 0 Å². The van der Waals surface area contributed by atoms with Gasteiger partial charge in [0, 0.05) is 0 Å². The molecule has 2 nitrogen and oxygen atoms in total. The van der Waals surface area contributed by atoms with Gasteiger partial charge in [-0.3, -0.25) is 0 Å². The molecule has 2 heteroatoms. The van der Waals surface area contributed by atoms with Crippen LogP contribution in [0.2, 0.25) is 0 Å². The third-order valence-electron chi connectivity index (χ3n) is 3.84. The van der Waals surface area contributed by atoms with E-state index in [9.17, 15) is 4.79 Å². The zero-order valence-electron chi connectivity index (χ0n) is 13.5. The van der Waals surface area contributed by atoms with Crippen molar-refractivity contribution in [2.24, 2.45) is 11.8 Å². The van der Waals surface area contributed by atoms with Gasteiger partial charge in [-0.05, 0) is 43.2 Å². The first-order valence-corrected chi connectivity index (χ1v) is 8.10. The van der Waals surface area contributed by atoms with Crippen molar-refractivity contribution in [3.05, 3.63) is 48.0 Å². The number of ether oxygens (including phenoxy) is 1. The number of allylic oxidation sites excluding steroid dienone is 2. The number of esters is 1. The highest BCUT2D eigenvalue weighted by atomic mass is 16.5. The molecule has 0 N–H and O–H groups in total. The quantitative estimate of drug-likeness (QED) is 0.458. The van der Waals surface area contributed by atoms with Crippen molar-refractivity contribution in [1.82, 2.24) is 0 Å². The second-order valence-corrected chi connectivity index (χ2v) is 5.48. The number of hydrogen-bond acceptors (Lipinski definition) is 2. The largest absolute Gasteiger partial charge is 0.462 e. The fraction of sp³-hybridized carbons (Fsp3) is 0.526. The highest BCUT2D eigenvalue weighted by Gasteiger charge is 2.15. The van der Waals surface area contributed by atoms with Crippen LogP contribution in [0.5, 0.6) is 0 Å². The molecule has 0 heterocycles. The normalized spacial score (nSPS) is 14.0. The fourth-order valence-corrected chi connectivity index (χ4v) is 2.34. The molecule has 0 aliphatic rings. The molecule has 116 valence electrons. The summed E-state index contributed by atoms with van der Waals surface area (Å²) in [5.41, 5.74) is 0.630. The van der Waals surface area contributed by atoms with E-state index in [-0.39, 0.29) is 5.97 Å². The smallest absolute Gasteiger partial charge is 0.338 e. The summed E-state index contributed by atoms with van der Waals surface area (Å²) in [4.78, 5) is 12.0. The molecule has 0 saturated carbocycles. The van der Waals surface area contributed by atoms with Gasteiger partial charge in [0.15, 0.2) is 0 Å². The van der Waals surface area contributed by atoms with Crippen LogP contribution in [-0.4, -0.2) is 12.6 Å². The lowest BCUT2D eigenvalue weighted by atomic mass is 9.91. The molecular formula is C19H28O2. The topological polar surface area (TPSA) is 26.3 Å². The Hall–Kier alpha value is -1.57. The molecule has 0 radical (unpaired) electrons. The van der Waals surface area contributed by atoms with Gasteiger partial charge in [-0.25, -0.2) is 4.79 Å². The van der Waals surface area contributed by atoms with Crippen molar-refractivity contribution in [1.29, 1.82) is 0 Å². The number of carbonyl (C=O) groups is 1. The lowest BCUT2D eigenvalue weighted by Crippen LogP contribution is -2.16. The Balaban J connectivity index is 2.47. The van der Waals surface area contributed by atoms with Crippen LogP contribution in [0.1, 0.15) is 56.8 Å². The summed E-state index contributed by atoms with van der Waals surface area (Å²) >= 11 is 0. The number of carbonyl (C=O) groups excluding carboxylic acids is 1. The zero-order chi connectivity index (χ0) is 15.5. The summed E-state index contributed by atoms with van der Waals surface area (Å²) in [5, 5.41) is 0. The average molecular weight is 288 g/mol. The van der Waals surface area contributed by atoms with Gasteiger partial charge >= 0.3 is 5.97 Å². The summed E-state index contributed by atoms with van der Waals surface area (Å²) in [6.45, 7) is 7.05. The Bertz CT molecular complexity index is 422. The summed E-state index contributed by atoms with van der Waals surface area (Å²) < 4.78 is 5.47. The maximum atomic E-state index is 12.0. The number of benzene rings is 1. The highest BCUT2D eigenvalue weighted by Crippen LogP contribution is 2.21. The summed E-state index contributed by atoms with van der Waals surface area (Å²) in [6, 6.07) is 9.20. The van der Waals surface area contributed by atoms with E-state index in [2.05, 4.69) is 32.9 Å². The van der Waals surface area contributed by atoms with Crippen molar-refractivity contribution >= 4 is 5.97 Å². The first-order valence-electron chi connectivity index (χ1n) is 8.10. The van der Waals surface area contributed by atoms with Crippen molar-refractivity contribution in [2.45, 2.75) is 46.5 Å². The zero-order valence-corrected chi connectivity index (χ0v) is 13.5. The third-order valence-corrected chi connectivity index (χ3v) is 3.84. The minimum Gasteiger partial charge on any atom is -0.462 e. The minimum atomic E-state index is -0.216. The fourth-order valence-electron chi connectivity index (χ4n) is 2.34. The van der Waals surface area contributed by atoms with E-state index in [4.69, 9.17) is 4.74 Å². The Labute approximate surface area is 129 Å². The van der Waals surface area contributed by atoms with E-state index < -0.39 is 0 Å². The minimum absolute atomic E-state index is 0.216. The molecule has 1 rings (SSSR count). The van der Waals surface area contributed by atoms with Crippen LogP contribution < -0.4 is 0 Å². The molecule has 0 spiro atoms. The number of rotatable bonds is 9. The van der Waals surface area contributed by atoms with E-state index in [0.29, 0.717) is 24.0 Å². The molecule has 0 fully saturated rings. The molecule has 0 aromatic heterocycles. The second-order valence-electron chi connectivity index (χ2n) is 5.48. The predicted molar refractivity (Wildman–Crippen MR) is 88.3 cm³/mol. The maximum Gasteiger partial charge on any atom is 0.338 e. The molecule has 2 unspecified atom stereocenters. The molecule has 21 heavy (non-hydrogen) atoms. The van der Waals surface area contributed by atoms with E-state index >= 15 is 0 Å². The molecule has 0 amide bonds. The van der Waals surface area contributed by atoms with Gasteiger partial charge in [-0.2, -0.15) is 0 Å². The second kappa shape index (κ2) is 10.2. The van der Waals surface area contributed by atoms with Crippen molar-refractivity contribution < 1.29 is 9.53 Å². The van der Waals surface area contributed by atoms with Crippen LogP contribution in [-0.2, 0) is 4.74 Å². The molecule has 2 atom stereocenters. The highest BCUT2D eigenvalue weighted by molar-refractivity contribution is 5.89.